The number of Topliss-reactive ketones (excluding diaryl/α,β-unsaturated/α-hetero) is 1. The third-order valence-corrected chi connectivity index (χ3v) is 2.92. The van der Waals surface area contributed by atoms with Gasteiger partial charge >= 0.3 is 6.18 Å². The average Bonchev–Trinajstić information content (AvgIpc) is 2.45. The lowest BCUT2D eigenvalue weighted by Gasteiger charge is -2.11. The van der Waals surface area contributed by atoms with E-state index in [1.807, 2.05) is 0 Å². The molecule has 0 aromatic heterocycles. The third kappa shape index (κ3) is 3.24. The highest BCUT2D eigenvalue weighted by molar-refractivity contribution is 6.18. The maximum absolute atomic E-state index is 12.7. The molecule has 4 nitrogen and oxygen atoms in total. The van der Waals surface area contributed by atoms with E-state index in [2.05, 4.69) is 5.32 Å². The van der Waals surface area contributed by atoms with Crippen LogP contribution in [0.1, 0.15) is 22.3 Å². The fraction of sp³-hybridized carbons (Fsp3) is 0.286. The molecular formula is C14H13F3N2O2. The second-order valence-electron chi connectivity index (χ2n) is 4.93. The Morgan fingerprint density at radius 3 is 2.48 bits per heavy atom. The van der Waals surface area contributed by atoms with E-state index < -0.39 is 23.4 Å². The Morgan fingerprint density at radius 2 is 1.90 bits per heavy atom. The van der Waals surface area contributed by atoms with E-state index in [0.29, 0.717) is 0 Å². The number of ketones is 1. The van der Waals surface area contributed by atoms with E-state index in [-0.39, 0.29) is 23.2 Å². The highest BCUT2D eigenvalue weighted by atomic mass is 19.4. The number of carbonyl (C=O) groups excluding carboxylic acids is 2. The topological polar surface area (TPSA) is 49.4 Å². The van der Waals surface area contributed by atoms with E-state index in [0.717, 1.165) is 18.2 Å². The molecule has 0 fully saturated rings. The van der Waals surface area contributed by atoms with Gasteiger partial charge in [0.05, 0.1) is 17.7 Å². The van der Waals surface area contributed by atoms with E-state index >= 15 is 0 Å². The first-order valence-electron chi connectivity index (χ1n) is 6.11. The first-order valence-corrected chi connectivity index (χ1v) is 6.11. The van der Waals surface area contributed by atoms with Crippen molar-refractivity contribution >= 4 is 17.4 Å². The van der Waals surface area contributed by atoms with Crippen molar-refractivity contribution < 1.29 is 22.8 Å². The quantitative estimate of drug-likeness (QED) is 0.811. The van der Waals surface area contributed by atoms with E-state index in [1.54, 1.807) is 19.0 Å². The molecule has 112 valence electrons. The minimum absolute atomic E-state index is 0.0574. The molecule has 0 aliphatic carbocycles. The van der Waals surface area contributed by atoms with Gasteiger partial charge in [-0.05, 0) is 18.2 Å². The summed E-state index contributed by atoms with van der Waals surface area (Å²) in [5, 5.41) is 2.35. The summed E-state index contributed by atoms with van der Waals surface area (Å²) in [4.78, 5) is 25.7. The molecule has 1 aliphatic rings. The minimum atomic E-state index is -4.53. The van der Waals surface area contributed by atoms with Crippen LogP contribution in [0.15, 0.2) is 30.0 Å². The van der Waals surface area contributed by atoms with Crippen LogP contribution in [0.5, 0.6) is 0 Å². The molecule has 0 spiro atoms. The van der Waals surface area contributed by atoms with Gasteiger partial charge in [0.15, 0.2) is 5.78 Å². The molecule has 1 aromatic rings. The fourth-order valence-corrected chi connectivity index (χ4v) is 2.06. The number of hydrogen-bond donors (Lipinski definition) is 1. The van der Waals surface area contributed by atoms with Crippen molar-refractivity contribution in [2.24, 2.45) is 0 Å². The van der Waals surface area contributed by atoms with Crippen molar-refractivity contribution in [2.45, 2.75) is 12.6 Å². The number of nitrogens with one attached hydrogen (secondary N) is 1. The second-order valence-corrected chi connectivity index (χ2v) is 4.93. The smallest absolute Gasteiger partial charge is 0.383 e. The van der Waals surface area contributed by atoms with Gasteiger partial charge < -0.3 is 10.2 Å². The van der Waals surface area contributed by atoms with Gasteiger partial charge in [-0.2, -0.15) is 13.2 Å². The molecule has 1 aliphatic heterocycles. The Morgan fingerprint density at radius 1 is 1.24 bits per heavy atom. The maximum atomic E-state index is 12.7. The lowest BCUT2D eigenvalue weighted by molar-refractivity contribution is -0.137. The number of rotatable bonds is 1. The zero-order valence-corrected chi connectivity index (χ0v) is 11.4. The molecule has 7 heteroatoms. The highest BCUT2D eigenvalue weighted by Gasteiger charge is 2.33. The number of benzene rings is 1. The number of hydrogen-bond acceptors (Lipinski definition) is 3. The molecule has 1 N–H and O–H groups in total. The van der Waals surface area contributed by atoms with E-state index in [9.17, 15) is 22.8 Å². The Hall–Kier alpha value is -2.31. The van der Waals surface area contributed by atoms with Crippen LogP contribution in [0.4, 0.5) is 18.9 Å². The van der Waals surface area contributed by atoms with Crippen LogP contribution < -0.4 is 5.32 Å². The molecule has 0 bridgehead atoms. The summed E-state index contributed by atoms with van der Waals surface area (Å²) < 4.78 is 38.1. The van der Waals surface area contributed by atoms with Gasteiger partial charge in [-0.3, -0.25) is 9.59 Å². The first-order chi connectivity index (χ1) is 9.68. The molecule has 0 saturated heterocycles. The monoisotopic (exact) mass is 298 g/mol. The van der Waals surface area contributed by atoms with Gasteiger partial charge in [-0.1, -0.05) is 0 Å². The van der Waals surface area contributed by atoms with Crippen LogP contribution in [0.3, 0.4) is 0 Å². The number of nitrogens with zero attached hydrogens (tertiary/aromatic N) is 1. The number of amides is 1. The Labute approximate surface area is 119 Å². The van der Waals surface area contributed by atoms with Gasteiger partial charge in [0.2, 0.25) is 5.91 Å². The predicted molar refractivity (Wildman–Crippen MR) is 70.8 cm³/mol. The summed E-state index contributed by atoms with van der Waals surface area (Å²) in [5.74, 6) is -0.972. The van der Waals surface area contributed by atoms with Gasteiger partial charge in [0, 0.05) is 31.4 Å². The molecule has 1 heterocycles. The summed E-state index contributed by atoms with van der Waals surface area (Å²) in [7, 11) is 3.38. The van der Waals surface area contributed by atoms with Crippen LogP contribution in [0.25, 0.3) is 0 Å². The van der Waals surface area contributed by atoms with Crippen molar-refractivity contribution in [1.29, 1.82) is 0 Å². The Balaban J connectivity index is 2.53. The fourth-order valence-electron chi connectivity index (χ4n) is 2.06. The number of carbonyl (C=O) groups is 2. The van der Waals surface area contributed by atoms with Gasteiger partial charge in [-0.15, -0.1) is 0 Å². The average molecular weight is 298 g/mol. The van der Waals surface area contributed by atoms with Crippen LogP contribution in [0, 0.1) is 0 Å². The van der Waals surface area contributed by atoms with Gasteiger partial charge in [0.1, 0.15) is 0 Å². The lowest BCUT2D eigenvalue weighted by Crippen LogP contribution is -2.12. The van der Waals surface area contributed by atoms with Crippen molar-refractivity contribution in [3.05, 3.63) is 41.1 Å². The Bertz CT molecular complexity index is 634. The van der Waals surface area contributed by atoms with Gasteiger partial charge in [-0.25, -0.2) is 0 Å². The molecule has 0 saturated carbocycles. The molecule has 0 atom stereocenters. The molecule has 1 aromatic carbocycles. The van der Waals surface area contributed by atoms with Gasteiger partial charge in [0.25, 0.3) is 0 Å². The number of fused-ring (bicyclic) bond motifs is 1. The van der Waals surface area contributed by atoms with Crippen LogP contribution in [0.2, 0.25) is 0 Å². The number of halogens is 3. The van der Waals surface area contributed by atoms with Crippen molar-refractivity contribution in [1.82, 2.24) is 4.90 Å². The molecular weight excluding hydrogens is 285 g/mol. The van der Waals surface area contributed by atoms with E-state index in [4.69, 9.17) is 0 Å². The SMILES string of the molecule is CN(C)/C=C1\CC(=O)Nc2cc(C(F)(F)F)ccc2C1=O. The minimum Gasteiger partial charge on any atom is -0.383 e. The summed E-state index contributed by atoms with van der Waals surface area (Å²) in [5.41, 5.74) is -0.727. The second kappa shape index (κ2) is 5.23. The Kier molecular flexibility index (Phi) is 3.76. The lowest BCUT2D eigenvalue weighted by atomic mass is 10.00. The van der Waals surface area contributed by atoms with Crippen molar-refractivity contribution in [2.75, 3.05) is 19.4 Å². The summed E-state index contributed by atoms with van der Waals surface area (Å²) >= 11 is 0. The molecule has 21 heavy (non-hydrogen) atoms. The van der Waals surface area contributed by atoms with Crippen LogP contribution >= 0.6 is 0 Å². The normalized spacial score (nSPS) is 17.3. The number of alkyl halides is 3. The highest BCUT2D eigenvalue weighted by Crippen LogP contribution is 2.34. The summed E-state index contributed by atoms with van der Waals surface area (Å²) in [6, 6.07) is 2.71. The molecule has 2 rings (SSSR count). The molecule has 0 radical (unpaired) electrons. The summed E-state index contributed by atoms with van der Waals surface area (Å²) in [6.45, 7) is 0. The maximum Gasteiger partial charge on any atom is 0.416 e. The zero-order chi connectivity index (χ0) is 15.8. The standard InChI is InChI=1S/C14H13F3N2O2/c1-19(2)7-8-5-12(20)18-11-6-9(14(15,16)17)3-4-10(11)13(8)21/h3-4,6-7H,5H2,1-2H3,(H,18,20)/b8-7+. The summed E-state index contributed by atoms with van der Waals surface area (Å²) in [6.07, 6.45) is -3.21. The largest absolute Gasteiger partial charge is 0.416 e. The first kappa shape index (κ1) is 15.1. The van der Waals surface area contributed by atoms with Crippen LogP contribution in [-0.2, 0) is 11.0 Å². The zero-order valence-electron chi connectivity index (χ0n) is 11.4. The number of anilines is 1. The van der Waals surface area contributed by atoms with Crippen molar-refractivity contribution in [3.63, 3.8) is 0 Å². The van der Waals surface area contributed by atoms with Crippen LogP contribution in [-0.4, -0.2) is 30.7 Å². The molecule has 1 amide bonds. The van der Waals surface area contributed by atoms with Crippen molar-refractivity contribution in [3.8, 4) is 0 Å². The molecule has 0 unspecified atom stereocenters. The predicted octanol–water partition coefficient (Wildman–Crippen LogP) is 2.68. The third-order valence-electron chi connectivity index (χ3n) is 2.92. The van der Waals surface area contributed by atoms with E-state index in [1.165, 1.54) is 6.20 Å².